The minimum absolute atomic E-state index is 0.0800. The van der Waals surface area contributed by atoms with E-state index >= 15 is 0 Å². The maximum atomic E-state index is 11.6. The van der Waals surface area contributed by atoms with Crippen LogP contribution in [-0.2, 0) is 19.9 Å². The summed E-state index contributed by atoms with van der Waals surface area (Å²) in [5, 5.41) is -0.671. The van der Waals surface area contributed by atoms with Gasteiger partial charge in [0, 0.05) is 10.7 Å². The molecule has 112 valence electrons. The fourth-order valence-electron chi connectivity index (χ4n) is 3.02. The standard InChI is InChI=1S/C16H23ClO2S/c1-11(20(17,18)19)12-6-7-13-14(10-12)16(4,5)9-8-15(13,2)3/h6-7,10-11H,8-9H2,1-5H3/t11-/m1/s1. The van der Waals surface area contributed by atoms with E-state index in [1.807, 2.05) is 12.1 Å². The highest BCUT2D eigenvalue weighted by molar-refractivity contribution is 8.13. The molecule has 1 aromatic rings. The topological polar surface area (TPSA) is 34.1 Å². The number of hydrogen-bond acceptors (Lipinski definition) is 2. The Kier molecular flexibility index (Phi) is 3.75. The molecule has 0 saturated carbocycles. The van der Waals surface area contributed by atoms with E-state index in [1.54, 1.807) is 6.92 Å². The van der Waals surface area contributed by atoms with Gasteiger partial charge in [-0.05, 0) is 47.3 Å². The third kappa shape index (κ3) is 2.75. The van der Waals surface area contributed by atoms with Crippen LogP contribution in [0.25, 0.3) is 0 Å². The zero-order valence-corrected chi connectivity index (χ0v) is 14.4. The summed E-state index contributed by atoms with van der Waals surface area (Å²) >= 11 is 0. The van der Waals surface area contributed by atoms with Crippen molar-refractivity contribution in [3.8, 4) is 0 Å². The second-order valence-corrected chi connectivity index (χ2v) is 10.1. The van der Waals surface area contributed by atoms with Gasteiger partial charge in [0.1, 0.15) is 0 Å². The monoisotopic (exact) mass is 314 g/mol. The molecule has 1 aliphatic carbocycles. The van der Waals surface area contributed by atoms with E-state index in [0.717, 1.165) is 18.4 Å². The summed E-state index contributed by atoms with van der Waals surface area (Å²) in [7, 11) is 1.92. The number of rotatable bonds is 2. The van der Waals surface area contributed by atoms with E-state index in [4.69, 9.17) is 10.7 Å². The van der Waals surface area contributed by atoms with Gasteiger partial charge in [-0.3, -0.25) is 0 Å². The lowest BCUT2D eigenvalue weighted by molar-refractivity contribution is 0.331. The van der Waals surface area contributed by atoms with E-state index in [9.17, 15) is 8.42 Å². The first-order valence-electron chi connectivity index (χ1n) is 7.03. The van der Waals surface area contributed by atoms with Crippen molar-refractivity contribution >= 4 is 19.7 Å². The van der Waals surface area contributed by atoms with Gasteiger partial charge in [0.25, 0.3) is 0 Å². The Morgan fingerprint density at radius 2 is 1.55 bits per heavy atom. The predicted molar refractivity (Wildman–Crippen MR) is 84.9 cm³/mol. The third-order valence-corrected chi connectivity index (χ3v) is 6.69. The molecular formula is C16H23ClO2S. The van der Waals surface area contributed by atoms with Crippen molar-refractivity contribution in [2.45, 2.75) is 63.5 Å². The van der Waals surface area contributed by atoms with Crippen LogP contribution in [-0.4, -0.2) is 8.42 Å². The summed E-state index contributed by atoms with van der Waals surface area (Å²) in [6, 6.07) is 6.04. The zero-order chi connectivity index (χ0) is 15.3. The smallest absolute Gasteiger partial charge is 0.212 e. The van der Waals surface area contributed by atoms with Crippen molar-refractivity contribution in [1.82, 2.24) is 0 Å². The normalized spacial score (nSPS) is 22.1. The number of halogens is 1. The van der Waals surface area contributed by atoms with Crippen LogP contribution in [0.15, 0.2) is 18.2 Å². The van der Waals surface area contributed by atoms with Gasteiger partial charge >= 0.3 is 0 Å². The van der Waals surface area contributed by atoms with Crippen LogP contribution in [0.3, 0.4) is 0 Å². The molecule has 1 aromatic carbocycles. The summed E-state index contributed by atoms with van der Waals surface area (Å²) < 4.78 is 23.1. The van der Waals surface area contributed by atoms with Gasteiger partial charge < -0.3 is 0 Å². The Morgan fingerprint density at radius 1 is 1.05 bits per heavy atom. The molecule has 1 aliphatic rings. The van der Waals surface area contributed by atoms with Gasteiger partial charge in [0.2, 0.25) is 9.05 Å². The number of hydrogen-bond donors (Lipinski definition) is 0. The Labute approximate surface area is 127 Å². The van der Waals surface area contributed by atoms with Gasteiger partial charge in [-0.25, -0.2) is 8.42 Å². The van der Waals surface area contributed by atoms with Gasteiger partial charge in [0.15, 0.2) is 0 Å². The highest BCUT2D eigenvalue weighted by Gasteiger charge is 2.37. The molecule has 0 aliphatic heterocycles. The van der Waals surface area contributed by atoms with E-state index in [-0.39, 0.29) is 10.8 Å². The van der Waals surface area contributed by atoms with Crippen molar-refractivity contribution in [3.05, 3.63) is 34.9 Å². The van der Waals surface area contributed by atoms with Crippen LogP contribution >= 0.6 is 10.7 Å². The number of fused-ring (bicyclic) bond motifs is 1. The minimum atomic E-state index is -3.58. The highest BCUT2D eigenvalue weighted by Crippen LogP contribution is 2.46. The second kappa shape index (κ2) is 4.74. The molecule has 0 unspecified atom stereocenters. The second-order valence-electron chi connectivity index (χ2n) is 7.19. The van der Waals surface area contributed by atoms with Crippen molar-refractivity contribution < 1.29 is 8.42 Å². The predicted octanol–water partition coefficient (Wildman–Crippen LogP) is 4.67. The first-order chi connectivity index (χ1) is 8.95. The zero-order valence-electron chi connectivity index (χ0n) is 12.8. The minimum Gasteiger partial charge on any atom is -0.212 e. The summed E-state index contributed by atoms with van der Waals surface area (Å²) in [5.74, 6) is 0. The molecule has 0 N–H and O–H groups in total. The maximum absolute atomic E-state index is 11.6. The molecule has 0 heterocycles. The number of benzene rings is 1. The quantitative estimate of drug-likeness (QED) is 0.744. The van der Waals surface area contributed by atoms with Crippen LogP contribution in [0.5, 0.6) is 0 Å². The largest absolute Gasteiger partial charge is 0.239 e. The Balaban J connectivity index is 2.60. The van der Waals surface area contributed by atoms with E-state index in [1.165, 1.54) is 11.1 Å². The first kappa shape index (κ1) is 15.8. The molecule has 0 spiro atoms. The van der Waals surface area contributed by atoms with Gasteiger partial charge in [0.05, 0.1) is 5.25 Å². The molecule has 0 aromatic heterocycles. The molecule has 4 heteroatoms. The first-order valence-corrected chi connectivity index (χ1v) is 9.41. The lowest BCUT2D eigenvalue weighted by Gasteiger charge is -2.42. The molecule has 0 fully saturated rings. The molecular weight excluding hydrogens is 292 g/mol. The molecule has 0 radical (unpaired) electrons. The van der Waals surface area contributed by atoms with E-state index in [0.29, 0.717) is 0 Å². The van der Waals surface area contributed by atoms with Crippen LogP contribution in [0.4, 0.5) is 0 Å². The fraction of sp³-hybridized carbons (Fsp3) is 0.625. The van der Waals surface area contributed by atoms with Gasteiger partial charge in [-0.2, -0.15) is 0 Å². The maximum Gasteiger partial charge on any atom is 0.239 e. The SMILES string of the molecule is C[C@H](c1ccc2c(c1)C(C)(C)CCC2(C)C)S(=O)(=O)Cl. The van der Waals surface area contributed by atoms with Gasteiger partial charge in [-0.15, -0.1) is 0 Å². The third-order valence-electron chi connectivity index (χ3n) is 4.77. The molecule has 0 amide bonds. The Hall–Kier alpha value is -0.540. The summed E-state index contributed by atoms with van der Waals surface area (Å²) in [5.41, 5.74) is 3.60. The fourth-order valence-corrected chi connectivity index (χ4v) is 3.80. The van der Waals surface area contributed by atoms with Crippen molar-refractivity contribution in [2.75, 3.05) is 0 Å². The summed E-state index contributed by atoms with van der Waals surface area (Å²) in [4.78, 5) is 0. The molecule has 0 bridgehead atoms. The summed E-state index contributed by atoms with van der Waals surface area (Å²) in [6.45, 7) is 10.6. The molecule has 2 nitrogen and oxygen atoms in total. The molecule has 20 heavy (non-hydrogen) atoms. The van der Waals surface area contributed by atoms with E-state index < -0.39 is 14.3 Å². The molecule has 0 saturated heterocycles. The van der Waals surface area contributed by atoms with Crippen LogP contribution in [0.2, 0.25) is 0 Å². The van der Waals surface area contributed by atoms with E-state index in [2.05, 4.69) is 33.8 Å². The van der Waals surface area contributed by atoms with Crippen LogP contribution in [0.1, 0.15) is 69.4 Å². The van der Waals surface area contributed by atoms with Crippen LogP contribution < -0.4 is 0 Å². The van der Waals surface area contributed by atoms with Crippen molar-refractivity contribution in [3.63, 3.8) is 0 Å². The van der Waals surface area contributed by atoms with Crippen LogP contribution in [0, 0.1) is 0 Å². The average Bonchev–Trinajstić information content (AvgIpc) is 2.33. The lowest BCUT2D eigenvalue weighted by atomic mass is 9.63. The lowest BCUT2D eigenvalue weighted by Crippen LogP contribution is -2.34. The van der Waals surface area contributed by atoms with Gasteiger partial charge in [-0.1, -0.05) is 45.9 Å². The Morgan fingerprint density at radius 3 is 2.05 bits per heavy atom. The van der Waals surface area contributed by atoms with Crippen molar-refractivity contribution in [2.24, 2.45) is 0 Å². The summed E-state index contributed by atoms with van der Waals surface area (Å²) in [6.07, 6.45) is 2.26. The highest BCUT2D eigenvalue weighted by atomic mass is 35.7. The average molecular weight is 315 g/mol. The molecule has 2 rings (SSSR count). The molecule has 1 atom stereocenters. The Bertz CT molecular complexity index is 630. The van der Waals surface area contributed by atoms with Crippen molar-refractivity contribution in [1.29, 1.82) is 0 Å².